The summed E-state index contributed by atoms with van der Waals surface area (Å²) >= 11 is 0. The number of rotatable bonds is 6. The summed E-state index contributed by atoms with van der Waals surface area (Å²) in [5, 5.41) is 10.5. The van der Waals surface area contributed by atoms with Crippen molar-refractivity contribution in [1.82, 2.24) is 4.90 Å². The highest BCUT2D eigenvalue weighted by molar-refractivity contribution is 4.91. The van der Waals surface area contributed by atoms with E-state index in [2.05, 4.69) is 25.7 Å². The van der Waals surface area contributed by atoms with E-state index in [1.54, 1.807) is 0 Å². The minimum Gasteiger partial charge on any atom is -0.391 e. The number of nitrogens with zero attached hydrogens (tertiary/aromatic N) is 1. The summed E-state index contributed by atoms with van der Waals surface area (Å²) < 4.78 is 0. The molecule has 3 atom stereocenters. The summed E-state index contributed by atoms with van der Waals surface area (Å²) in [4.78, 5) is 2.72. The molecule has 2 aliphatic carbocycles. The third-order valence-corrected chi connectivity index (χ3v) is 5.65. The molecule has 20 heavy (non-hydrogen) atoms. The first-order chi connectivity index (χ1) is 9.61. The van der Waals surface area contributed by atoms with Gasteiger partial charge in [0, 0.05) is 12.1 Å². The second-order valence-electron chi connectivity index (χ2n) is 7.58. The van der Waals surface area contributed by atoms with Gasteiger partial charge >= 0.3 is 0 Å². The van der Waals surface area contributed by atoms with Crippen molar-refractivity contribution in [2.45, 2.75) is 96.7 Å². The van der Waals surface area contributed by atoms with E-state index in [9.17, 15) is 5.11 Å². The molecule has 0 spiro atoms. The maximum atomic E-state index is 10.5. The summed E-state index contributed by atoms with van der Waals surface area (Å²) in [5.41, 5.74) is 0. The minimum atomic E-state index is -0.0782. The van der Waals surface area contributed by atoms with Crippen LogP contribution in [0.4, 0.5) is 0 Å². The van der Waals surface area contributed by atoms with Crippen molar-refractivity contribution in [1.29, 1.82) is 0 Å². The smallest absolute Gasteiger partial charge is 0.0695 e. The zero-order valence-electron chi connectivity index (χ0n) is 13.9. The second-order valence-corrected chi connectivity index (χ2v) is 7.58. The van der Waals surface area contributed by atoms with Crippen molar-refractivity contribution < 1.29 is 5.11 Å². The minimum absolute atomic E-state index is 0.0782. The molecule has 0 amide bonds. The van der Waals surface area contributed by atoms with Crippen LogP contribution in [0.1, 0.15) is 78.6 Å². The van der Waals surface area contributed by atoms with Crippen LogP contribution in [0.2, 0.25) is 0 Å². The summed E-state index contributed by atoms with van der Waals surface area (Å²) in [6.45, 7) is 8.14. The molecular weight excluding hydrogens is 246 g/mol. The molecule has 2 nitrogen and oxygen atoms in total. The molecule has 1 N–H and O–H groups in total. The zero-order chi connectivity index (χ0) is 14.5. The average molecular weight is 281 g/mol. The molecule has 0 aliphatic heterocycles. The fourth-order valence-electron chi connectivity index (χ4n) is 4.20. The largest absolute Gasteiger partial charge is 0.391 e. The Kier molecular flexibility index (Phi) is 6.35. The molecule has 0 aromatic carbocycles. The Morgan fingerprint density at radius 1 is 1.10 bits per heavy atom. The first-order valence-electron chi connectivity index (χ1n) is 9.05. The van der Waals surface area contributed by atoms with Crippen LogP contribution in [0.15, 0.2) is 0 Å². The Labute approximate surface area is 125 Å². The van der Waals surface area contributed by atoms with Gasteiger partial charge in [0.05, 0.1) is 6.10 Å². The highest BCUT2D eigenvalue weighted by Gasteiger charge is 2.36. The maximum absolute atomic E-state index is 10.5. The van der Waals surface area contributed by atoms with Gasteiger partial charge in [-0.25, -0.2) is 0 Å². The fourth-order valence-corrected chi connectivity index (χ4v) is 4.20. The molecule has 0 aromatic heterocycles. The third-order valence-electron chi connectivity index (χ3n) is 5.65. The standard InChI is InChI=1S/C18H35NO/c1-4-15-9-10-18(20)17(13-15)19(12-11-14(2)3)16-7-5-6-8-16/h14-18,20H,4-13H2,1-3H3. The summed E-state index contributed by atoms with van der Waals surface area (Å²) in [5.74, 6) is 1.60. The first-order valence-corrected chi connectivity index (χ1v) is 9.05. The van der Waals surface area contributed by atoms with Crippen LogP contribution in [0.25, 0.3) is 0 Å². The molecule has 2 saturated carbocycles. The lowest BCUT2D eigenvalue weighted by molar-refractivity contribution is -0.0180. The summed E-state index contributed by atoms with van der Waals surface area (Å²) in [7, 11) is 0. The quantitative estimate of drug-likeness (QED) is 0.788. The van der Waals surface area contributed by atoms with Crippen LogP contribution in [-0.2, 0) is 0 Å². The first kappa shape index (κ1) is 16.3. The van der Waals surface area contributed by atoms with Crippen LogP contribution in [0.5, 0.6) is 0 Å². The van der Waals surface area contributed by atoms with Crippen molar-refractivity contribution in [2.24, 2.45) is 11.8 Å². The summed E-state index contributed by atoms with van der Waals surface area (Å²) in [6, 6.07) is 1.19. The van der Waals surface area contributed by atoms with Gasteiger partial charge in [-0.3, -0.25) is 4.90 Å². The predicted octanol–water partition coefficient (Wildman–Crippen LogP) is 4.22. The Balaban J connectivity index is 2.02. The van der Waals surface area contributed by atoms with Gasteiger partial charge in [-0.2, -0.15) is 0 Å². The van der Waals surface area contributed by atoms with Gasteiger partial charge in [-0.15, -0.1) is 0 Å². The molecule has 3 unspecified atom stereocenters. The molecular formula is C18H35NO. The lowest BCUT2D eigenvalue weighted by Gasteiger charge is -2.44. The van der Waals surface area contributed by atoms with Gasteiger partial charge in [-0.05, 0) is 56.9 Å². The topological polar surface area (TPSA) is 23.5 Å². The molecule has 2 aliphatic rings. The molecule has 2 rings (SSSR count). The lowest BCUT2D eigenvalue weighted by atomic mass is 9.81. The van der Waals surface area contributed by atoms with Crippen molar-refractivity contribution in [3.8, 4) is 0 Å². The van der Waals surface area contributed by atoms with Gasteiger partial charge in [-0.1, -0.05) is 40.0 Å². The van der Waals surface area contributed by atoms with E-state index in [1.165, 1.54) is 57.9 Å². The average Bonchev–Trinajstić information content (AvgIpc) is 2.94. The van der Waals surface area contributed by atoms with Crippen molar-refractivity contribution in [2.75, 3.05) is 6.54 Å². The molecule has 118 valence electrons. The molecule has 0 heterocycles. The molecule has 2 fully saturated rings. The van der Waals surface area contributed by atoms with Crippen LogP contribution >= 0.6 is 0 Å². The number of hydrogen-bond acceptors (Lipinski definition) is 2. The number of aliphatic hydroxyl groups excluding tert-OH is 1. The zero-order valence-corrected chi connectivity index (χ0v) is 13.9. The van der Waals surface area contributed by atoms with Gasteiger partial charge in [0.1, 0.15) is 0 Å². The lowest BCUT2D eigenvalue weighted by Crippen LogP contribution is -2.51. The Hall–Kier alpha value is -0.0800. The van der Waals surface area contributed by atoms with Crippen LogP contribution < -0.4 is 0 Å². The van der Waals surface area contributed by atoms with E-state index in [0.717, 1.165) is 24.3 Å². The van der Waals surface area contributed by atoms with Crippen LogP contribution in [-0.4, -0.2) is 34.7 Å². The Morgan fingerprint density at radius 2 is 1.80 bits per heavy atom. The molecule has 0 radical (unpaired) electrons. The van der Waals surface area contributed by atoms with Gasteiger partial charge in [0.15, 0.2) is 0 Å². The van der Waals surface area contributed by atoms with Gasteiger partial charge in [0.25, 0.3) is 0 Å². The normalized spacial score (nSPS) is 32.4. The van der Waals surface area contributed by atoms with Crippen molar-refractivity contribution in [3.05, 3.63) is 0 Å². The van der Waals surface area contributed by atoms with E-state index < -0.39 is 0 Å². The maximum Gasteiger partial charge on any atom is 0.0695 e. The van der Waals surface area contributed by atoms with E-state index in [1.807, 2.05) is 0 Å². The Bertz CT molecular complexity index is 273. The molecule has 2 heteroatoms. The van der Waals surface area contributed by atoms with E-state index in [-0.39, 0.29) is 6.10 Å². The highest BCUT2D eigenvalue weighted by atomic mass is 16.3. The second kappa shape index (κ2) is 7.79. The van der Waals surface area contributed by atoms with Crippen molar-refractivity contribution in [3.63, 3.8) is 0 Å². The fraction of sp³-hybridized carbons (Fsp3) is 1.00. The van der Waals surface area contributed by atoms with Crippen LogP contribution in [0, 0.1) is 11.8 Å². The molecule has 0 bridgehead atoms. The number of aliphatic hydroxyl groups is 1. The van der Waals surface area contributed by atoms with Gasteiger partial charge in [0.2, 0.25) is 0 Å². The Morgan fingerprint density at radius 3 is 2.40 bits per heavy atom. The SMILES string of the molecule is CCC1CCC(O)C(N(CCC(C)C)C2CCCC2)C1. The molecule has 0 aromatic rings. The molecule has 0 saturated heterocycles. The van der Waals surface area contributed by atoms with E-state index in [0.29, 0.717) is 6.04 Å². The van der Waals surface area contributed by atoms with E-state index >= 15 is 0 Å². The van der Waals surface area contributed by atoms with E-state index in [4.69, 9.17) is 0 Å². The predicted molar refractivity (Wildman–Crippen MR) is 85.8 cm³/mol. The van der Waals surface area contributed by atoms with Crippen molar-refractivity contribution >= 4 is 0 Å². The van der Waals surface area contributed by atoms with Crippen LogP contribution in [0.3, 0.4) is 0 Å². The highest BCUT2D eigenvalue weighted by Crippen LogP contribution is 2.34. The van der Waals surface area contributed by atoms with Gasteiger partial charge < -0.3 is 5.11 Å². The number of hydrogen-bond donors (Lipinski definition) is 1. The monoisotopic (exact) mass is 281 g/mol. The summed E-state index contributed by atoms with van der Waals surface area (Å²) in [6.07, 6.45) is 11.5. The third kappa shape index (κ3) is 4.21.